The molecule has 2 saturated heterocycles. The first-order chi connectivity index (χ1) is 11.3. The van der Waals surface area contributed by atoms with Crippen LogP contribution in [0.5, 0.6) is 5.75 Å². The molecule has 1 N–H and O–H groups in total. The number of methoxy groups -OCH3 is 1. The van der Waals surface area contributed by atoms with Crippen LogP contribution in [-0.4, -0.2) is 57.6 Å². The van der Waals surface area contributed by atoms with Crippen molar-refractivity contribution in [1.82, 2.24) is 10.2 Å². The molecule has 2 aliphatic heterocycles. The van der Waals surface area contributed by atoms with Crippen molar-refractivity contribution in [2.75, 3.05) is 46.6 Å². The topological polar surface area (TPSA) is 43.0 Å². The smallest absolute Gasteiger partial charge is 0.123 e. The minimum absolute atomic E-state index is 0. The summed E-state index contributed by atoms with van der Waals surface area (Å²) >= 11 is 0. The number of nitrogens with zero attached hydrogens (tertiary/aromatic N) is 1. The molecule has 0 radical (unpaired) electrons. The van der Waals surface area contributed by atoms with Crippen LogP contribution in [0.3, 0.4) is 0 Å². The average molecular weight is 393 g/mol. The Morgan fingerprint density at radius 3 is 2.68 bits per heavy atom. The number of halogens is 2. The number of morpholine rings is 1. The van der Waals surface area contributed by atoms with Gasteiger partial charge in [0.15, 0.2) is 0 Å². The average Bonchev–Trinajstić information content (AvgIpc) is 3.09. The summed E-state index contributed by atoms with van der Waals surface area (Å²) in [5, 5.41) is 3.51. The van der Waals surface area contributed by atoms with Gasteiger partial charge in [0.25, 0.3) is 0 Å². The van der Waals surface area contributed by atoms with E-state index in [9.17, 15) is 0 Å². The minimum Gasteiger partial charge on any atom is -0.496 e. The normalized spacial score (nSPS) is 20.6. The van der Waals surface area contributed by atoms with Crippen molar-refractivity contribution < 1.29 is 14.2 Å². The first-order valence-electron chi connectivity index (χ1n) is 8.63. The van der Waals surface area contributed by atoms with Gasteiger partial charge < -0.3 is 19.5 Å². The molecule has 2 heterocycles. The molecule has 25 heavy (non-hydrogen) atoms. The van der Waals surface area contributed by atoms with Crippen molar-refractivity contribution in [1.29, 1.82) is 0 Å². The van der Waals surface area contributed by atoms with Crippen LogP contribution in [0, 0.1) is 0 Å². The zero-order chi connectivity index (χ0) is 15.9. The van der Waals surface area contributed by atoms with Gasteiger partial charge in [-0.05, 0) is 30.5 Å². The zero-order valence-corrected chi connectivity index (χ0v) is 16.5. The molecular weight excluding hydrogens is 363 g/mol. The number of ether oxygens (including phenoxy) is 3. The second kappa shape index (κ2) is 11.9. The van der Waals surface area contributed by atoms with E-state index in [0.29, 0.717) is 6.10 Å². The summed E-state index contributed by atoms with van der Waals surface area (Å²) in [6.07, 6.45) is 2.76. The number of nitrogens with one attached hydrogen (secondary N) is 1. The van der Waals surface area contributed by atoms with Crippen molar-refractivity contribution in [2.24, 2.45) is 0 Å². The van der Waals surface area contributed by atoms with Crippen LogP contribution in [0.4, 0.5) is 0 Å². The SMILES string of the molecule is COc1ccc(CNCC2CCCO2)cc1CN1CCOCC1.Cl.Cl. The van der Waals surface area contributed by atoms with Crippen LogP contribution in [0.2, 0.25) is 0 Å². The van der Waals surface area contributed by atoms with Gasteiger partial charge in [-0.3, -0.25) is 4.90 Å². The highest BCUT2D eigenvalue weighted by atomic mass is 35.5. The summed E-state index contributed by atoms with van der Waals surface area (Å²) in [7, 11) is 1.74. The van der Waals surface area contributed by atoms with Crippen molar-refractivity contribution in [2.45, 2.75) is 32.0 Å². The van der Waals surface area contributed by atoms with E-state index < -0.39 is 0 Å². The lowest BCUT2D eigenvalue weighted by Crippen LogP contribution is -2.35. The lowest BCUT2D eigenvalue weighted by atomic mass is 10.1. The third kappa shape index (κ3) is 6.93. The lowest BCUT2D eigenvalue weighted by Gasteiger charge is -2.27. The maximum absolute atomic E-state index is 5.65. The Kier molecular flexibility index (Phi) is 10.7. The fourth-order valence-electron chi connectivity index (χ4n) is 3.25. The van der Waals surface area contributed by atoms with Gasteiger partial charge in [0, 0.05) is 44.9 Å². The van der Waals surface area contributed by atoms with Crippen molar-refractivity contribution >= 4 is 24.8 Å². The van der Waals surface area contributed by atoms with Gasteiger partial charge in [-0.15, -0.1) is 24.8 Å². The van der Waals surface area contributed by atoms with Gasteiger partial charge in [0.05, 0.1) is 26.4 Å². The van der Waals surface area contributed by atoms with Crippen molar-refractivity contribution in [3.05, 3.63) is 29.3 Å². The van der Waals surface area contributed by atoms with Crippen LogP contribution in [-0.2, 0) is 22.6 Å². The Bertz CT molecular complexity index is 493. The predicted molar refractivity (Wildman–Crippen MR) is 104 cm³/mol. The molecule has 1 unspecified atom stereocenters. The minimum atomic E-state index is 0. The van der Waals surface area contributed by atoms with E-state index in [0.717, 1.165) is 58.3 Å². The Morgan fingerprint density at radius 1 is 1.20 bits per heavy atom. The molecule has 5 nitrogen and oxygen atoms in total. The molecule has 0 spiro atoms. The molecule has 1 aromatic carbocycles. The van der Waals surface area contributed by atoms with Crippen LogP contribution >= 0.6 is 24.8 Å². The molecule has 2 fully saturated rings. The second-order valence-corrected chi connectivity index (χ2v) is 6.30. The number of rotatable bonds is 7. The maximum atomic E-state index is 5.65. The van der Waals surface area contributed by atoms with Gasteiger partial charge in [-0.2, -0.15) is 0 Å². The molecule has 144 valence electrons. The summed E-state index contributed by atoms with van der Waals surface area (Å²) in [6, 6.07) is 6.49. The lowest BCUT2D eigenvalue weighted by molar-refractivity contribution is 0.0339. The van der Waals surface area contributed by atoms with Crippen LogP contribution < -0.4 is 10.1 Å². The first kappa shape index (κ1) is 22.5. The molecule has 1 aromatic rings. The second-order valence-electron chi connectivity index (χ2n) is 6.30. The van der Waals surface area contributed by atoms with Gasteiger partial charge in [-0.25, -0.2) is 0 Å². The fourth-order valence-corrected chi connectivity index (χ4v) is 3.25. The summed E-state index contributed by atoms with van der Waals surface area (Å²) in [4.78, 5) is 2.42. The quantitative estimate of drug-likeness (QED) is 0.772. The summed E-state index contributed by atoms with van der Waals surface area (Å²) in [5.41, 5.74) is 2.55. The molecule has 1 atom stereocenters. The standard InChI is InChI=1S/C18H28N2O3.2ClH/c1-21-18-5-4-15(12-19-13-17-3-2-8-23-17)11-16(18)14-20-6-9-22-10-7-20;;/h4-5,11,17,19H,2-3,6-10,12-14H2,1H3;2*1H. The molecule has 2 aliphatic rings. The van der Waals surface area contributed by atoms with Crippen LogP contribution in [0.1, 0.15) is 24.0 Å². The maximum Gasteiger partial charge on any atom is 0.123 e. The van der Waals surface area contributed by atoms with Gasteiger partial charge in [0.2, 0.25) is 0 Å². The fraction of sp³-hybridized carbons (Fsp3) is 0.667. The Hall–Kier alpha value is -0.560. The van der Waals surface area contributed by atoms with E-state index in [1.165, 1.54) is 24.0 Å². The molecule has 0 bridgehead atoms. The van der Waals surface area contributed by atoms with Crippen LogP contribution in [0.25, 0.3) is 0 Å². The largest absolute Gasteiger partial charge is 0.496 e. The van der Waals surface area contributed by atoms with E-state index in [1.54, 1.807) is 7.11 Å². The van der Waals surface area contributed by atoms with Gasteiger partial charge in [-0.1, -0.05) is 6.07 Å². The monoisotopic (exact) mass is 392 g/mol. The zero-order valence-electron chi connectivity index (χ0n) is 14.9. The Morgan fingerprint density at radius 2 is 2.00 bits per heavy atom. The van der Waals surface area contributed by atoms with Gasteiger partial charge >= 0.3 is 0 Å². The van der Waals surface area contributed by atoms with E-state index in [-0.39, 0.29) is 24.8 Å². The highest BCUT2D eigenvalue weighted by Gasteiger charge is 2.16. The molecule has 0 amide bonds. The highest BCUT2D eigenvalue weighted by Crippen LogP contribution is 2.22. The number of hydrogen-bond donors (Lipinski definition) is 1. The van der Waals surface area contributed by atoms with E-state index in [1.807, 2.05) is 0 Å². The third-order valence-corrected chi connectivity index (χ3v) is 4.57. The first-order valence-corrected chi connectivity index (χ1v) is 8.63. The number of hydrogen-bond acceptors (Lipinski definition) is 5. The molecule has 0 aliphatic carbocycles. The molecular formula is C18H30Cl2N2O3. The summed E-state index contributed by atoms with van der Waals surface area (Å²) in [5.74, 6) is 0.972. The highest BCUT2D eigenvalue weighted by molar-refractivity contribution is 5.85. The number of benzene rings is 1. The molecule has 0 aromatic heterocycles. The van der Waals surface area contributed by atoms with E-state index in [2.05, 4.69) is 28.4 Å². The predicted octanol–water partition coefficient (Wildman–Crippen LogP) is 2.64. The van der Waals surface area contributed by atoms with E-state index >= 15 is 0 Å². The molecule has 7 heteroatoms. The van der Waals surface area contributed by atoms with Crippen LogP contribution in [0.15, 0.2) is 18.2 Å². The Labute approximate surface area is 163 Å². The molecule has 0 saturated carbocycles. The molecule has 3 rings (SSSR count). The van der Waals surface area contributed by atoms with Crippen molar-refractivity contribution in [3.8, 4) is 5.75 Å². The summed E-state index contributed by atoms with van der Waals surface area (Å²) < 4.78 is 16.6. The third-order valence-electron chi connectivity index (χ3n) is 4.57. The Balaban J connectivity index is 0.00000156. The summed E-state index contributed by atoms with van der Waals surface area (Å²) in [6.45, 7) is 7.28. The van der Waals surface area contributed by atoms with E-state index in [4.69, 9.17) is 14.2 Å². The van der Waals surface area contributed by atoms with Gasteiger partial charge in [0.1, 0.15) is 5.75 Å². The van der Waals surface area contributed by atoms with Crippen molar-refractivity contribution in [3.63, 3.8) is 0 Å².